The van der Waals surface area contributed by atoms with Gasteiger partial charge in [0.1, 0.15) is 5.75 Å². The van der Waals surface area contributed by atoms with Crippen LogP contribution in [0.4, 0.5) is 0 Å². The second-order valence-corrected chi connectivity index (χ2v) is 7.80. The van der Waals surface area contributed by atoms with Crippen LogP contribution in [-0.4, -0.2) is 51.9 Å². The lowest BCUT2D eigenvalue weighted by Gasteiger charge is -2.14. The van der Waals surface area contributed by atoms with E-state index in [9.17, 15) is 14.4 Å². The fourth-order valence-electron chi connectivity index (χ4n) is 3.10. The molecule has 37 heavy (non-hydrogen) atoms. The number of hydrogen-bond donors (Lipinski definition) is 2. The molecule has 0 aliphatic rings. The third kappa shape index (κ3) is 7.45. The van der Waals surface area contributed by atoms with Gasteiger partial charge in [0.05, 0.1) is 39.7 Å². The van der Waals surface area contributed by atoms with E-state index in [4.69, 9.17) is 30.5 Å². The Kier molecular flexibility index (Phi) is 9.45. The summed E-state index contributed by atoms with van der Waals surface area (Å²) in [5.74, 6) is -0.354. The molecule has 0 saturated heterocycles. The Hall–Kier alpha value is -4.57. The number of nitrogens with zero attached hydrogens (tertiary/aromatic N) is 1. The van der Waals surface area contributed by atoms with Gasteiger partial charge in [0.15, 0.2) is 11.5 Å². The number of methoxy groups -OCH3 is 3. The minimum atomic E-state index is -0.553. The molecule has 0 atom stereocenters. The van der Waals surface area contributed by atoms with Crippen molar-refractivity contribution in [3.05, 3.63) is 82.4 Å². The van der Waals surface area contributed by atoms with Gasteiger partial charge in [-0.25, -0.2) is 10.2 Å². The molecule has 0 spiro atoms. The maximum atomic E-state index is 12.5. The summed E-state index contributed by atoms with van der Waals surface area (Å²) in [7, 11) is 4.32. The zero-order valence-corrected chi connectivity index (χ0v) is 21.0. The largest absolute Gasteiger partial charge is 0.493 e. The molecule has 3 aromatic rings. The Morgan fingerprint density at radius 1 is 0.892 bits per heavy atom. The molecular formula is C26H24ClN3O7. The van der Waals surface area contributed by atoms with E-state index in [0.29, 0.717) is 39.1 Å². The molecule has 3 rings (SSSR count). The van der Waals surface area contributed by atoms with Crippen molar-refractivity contribution in [2.75, 3.05) is 27.9 Å². The third-order valence-electron chi connectivity index (χ3n) is 4.89. The fraction of sp³-hybridized carbons (Fsp3) is 0.154. The Labute approximate surface area is 218 Å². The Morgan fingerprint density at radius 2 is 1.57 bits per heavy atom. The van der Waals surface area contributed by atoms with Crippen molar-refractivity contribution < 1.29 is 33.3 Å². The molecule has 2 amide bonds. The van der Waals surface area contributed by atoms with Crippen molar-refractivity contribution in [3.8, 4) is 23.0 Å². The smallest absolute Gasteiger partial charge is 0.343 e. The van der Waals surface area contributed by atoms with Gasteiger partial charge in [0, 0.05) is 10.6 Å². The first-order chi connectivity index (χ1) is 17.8. The molecule has 0 heterocycles. The molecular weight excluding hydrogens is 502 g/mol. The summed E-state index contributed by atoms with van der Waals surface area (Å²) in [6, 6.07) is 15.8. The maximum absolute atomic E-state index is 12.5. The SMILES string of the molecule is COc1cc(C(=O)NCC(=O)N/N=C/c2cccc(OC(=O)c3ccc(Cl)cc3)c2)cc(OC)c1OC. The number of benzene rings is 3. The summed E-state index contributed by atoms with van der Waals surface area (Å²) < 4.78 is 21.1. The van der Waals surface area contributed by atoms with Crippen molar-refractivity contribution in [3.63, 3.8) is 0 Å². The van der Waals surface area contributed by atoms with Crippen LogP contribution >= 0.6 is 11.6 Å². The van der Waals surface area contributed by atoms with Crippen LogP contribution in [0.1, 0.15) is 26.3 Å². The van der Waals surface area contributed by atoms with E-state index in [1.54, 1.807) is 48.5 Å². The molecule has 192 valence electrons. The number of amides is 2. The second-order valence-electron chi connectivity index (χ2n) is 7.36. The van der Waals surface area contributed by atoms with Gasteiger partial charge in [-0.05, 0) is 54.1 Å². The van der Waals surface area contributed by atoms with Gasteiger partial charge in [-0.2, -0.15) is 5.10 Å². The van der Waals surface area contributed by atoms with Crippen LogP contribution in [-0.2, 0) is 4.79 Å². The molecule has 0 fully saturated rings. The van der Waals surface area contributed by atoms with Gasteiger partial charge in [-0.1, -0.05) is 23.7 Å². The Balaban J connectivity index is 1.53. The van der Waals surface area contributed by atoms with Crippen LogP contribution in [0.3, 0.4) is 0 Å². The molecule has 0 aliphatic carbocycles. The van der Waals surface area contributed by atoms with Crippen molar-refractivity contribution in [1.82, 2.24) is 10.7 Å². The minimum absolute atomic E-state index is 0.218. The van der Waals surface area contributed by atoms with E-state index in [1.807, 2.05) is 0 Å². The van der Waals surface area contributed by atoms with Gasteiger partial charge in [-0.15, -0.1) is 0 Å². The van der Waals surface area contributed by atoms with Gasteiger partial charge in [-0.3, -0.25) is 9.59 Å². The highest BCUT2D eigenvalue weighted by Gasteiger charge is 2.17. The highest BCUT2D eigenvalue weighted by atomic mass is 35.5. The van der Waals surface area contributed by atoms with Crippen molar-refractivity contribution in [2.24, 2.45) is 5.10 Å². The van der Waals surface area contributed by atoms with Gasteiger partial charge >= 0.3 is 5.97 Å². The lowest BCUT2D eigenvalue weighted by atomic mass is 10.1. The van der Waals surface area contributed by atoms with Gasteiger partial charge in [0.2, 0.25) is 5.75 Å². The summed E-state index contributed by atoms with van der Waals surface area (Å²) >= 11 is 5.83. The first-order valence-corrected chi connectivity index (χ1v) is 11.2. The summed E-state index contributed by atoms with van der Waals surface area (Å²) in [5.41, 5.74) is 3.46. The molecule has 10 nitrogen and oxygen atoms in total. The normalized spacial score (nSPS) is 10.5. The van der Waals surface area contributed by atoms with Crippen LogP contribution in [0.5, 0.6) is 23.0 Å². The standard InChI is InChI=1S/C26H24ClN3O7/c1-34-21-12-18(13-22(35-2)24(21)36-3)25(32)28-15-23(31)30-29-14-16-5-4-6-20(11-16)37-26(33)17-7-9-19(27)10-8-17/h4-14H,15H2,1-3H3,(H,28,32)(H,30,31)/b29-14+. The summed E-state index contributed by atoms with van der Waals surface area (Å²) in [6.45, 7) is -0.328. The van der Waals surface area contributed by atoms with E-state index in [0.717, 1.165) is 0 Å². The summed E-state index contributed by atoms with van der Waals surface area (Å²) in [5, 5.41) is 6.88. The average molecular weight is 526 g/mol. The lowest BCUT2D eigenvalue weighted by Crippen LogP contribution is -2.34. The monoisotopic (exact) mass is 525 g/mol. The second kappa shape index (κ2) is 12.9. The fourth-order valence-corrected chi connectivity index (χ4v) is 3.23. The number of hydrogen-bond acceptors (Lipinski definition) is 8. The van der Waals surface area contributed by atoms with Crippen molar-refractivity contribution in [1.29, 1.82) is 0 Å². The minimum Gasteiger partial charge on any atom is -0.493 e. The number of rotatable bonds is 10. The number of ether oxygens (including phenoxy) is 4. The number of halogens is 1. The first-order valence-electron chi connectivity index (χ1n) is 10.8. The van der Waals surface area contributed by atoms with Crippen LogP contribution in [0.25, 0.3) is 0 Å². The van der Waals surface area contributed by atoms with E-state index in [2.05, 4.69) is 15.8 Å². The Bertz CT molecular complexity index is 1280. The summed E-state index contributed by atoms with van der Waals surface area (Å²) in [6.07, 6.45) is 1.37. The van der Waals surface area contributed by atoms with Crippen molar-refractivity contribution >= 4 is 35.6 Å². The Morgan fingerprint density at radius 3 is 2.19 bits per heavy atom. The van der Waals surface area contributed by atoms with Gasteiger partial charge in [0.25, 0.3) is 11.8 Å². The van der Waals surface area contributed by atoms with Crippen LogP contribution < -0.4 is 29.7 Å². The third-order valence-corrected chi connectivity index (χ3v) is 5.14. The quantitative estimate of drug-likeness (QED) is 0.180. The predicted molar refractivity (Wildman–Crippen MR) is 137 cm³/mol. The zero-order chi connectivity index (χ0) is 26.8. The molecule has 0 saturated carbocycles. The van der Waals surface area contributed by atoms with Crippen LogP contribution in [0.2, 0.25) is 5.02 Å². The zero-order valence-electron chi connectivity index (χ0n) is 20.2. The maximum Gasteiger partial charge on any atom is 0.343 e. The van der Waals surface area contributed by atoms with E-state index < -0.39 is 17.8 Å². The number of hydrazone groups is 1. The molecule has 0 aromatic heterocycles. The molecule has 0 aliphatic heterocycles. The van der Waals surface area contributed by atoms with Crippen LogP contribution in [0.15, 0.2) is 65.8 Å². The number of carbonyl (C=O) groups excluding carboxylic acids is 3. The molecule has 0 unspecified atom stereocenters. The van der Waals surface area contributed by atoms with E-state index in [-0.39, 0.29) is 12.1 Å². The average Bonchev–Trinajstić information content (AvgIpc) is 2.91. The lowest BCUT2D eigenvalue weighted by molar-refractivity contribution is -0.120. The molecule has 2 N–H and O–H groups in total. The first kappa shape index (κ1) is 27.0. The van der Waals surface area contributed by atoms with E-state index >= 15 is 0 Å². The van der Waals surface area contributed by atoms with Crippen LogP contribution in [0, 0.1) is 0 Å². The van der Waals surface area contributed by atoms with E-state index in [1.165, 1.54) is 39.7 Å². The van der Waals surface area contributed by atoms with Crippen molar-refractivity contribution in [2.45, 2.75) is 0 Å². The molecule has 0 bridgehead atoms. The molecule has 3 aromatic carbocycles. The predicted octanol–water partition coefficient (Wildman–Crippen LogP) is 3.47. The highest BCUT2D eigenvalue weighted by Crippen LogP contribution is 2.38. The number of carbonyl (C=O) groups is 3. The summed E-state index contributed by atoms with van der Waals surface area (Å²) in [4.78, 5) is 36.9. The molecule has 11 heteroatoms. The highest BCUT2D eigenvalue weighted by molar-refractivity contribution is 6.30. The number of nitrogens with one attached hydrogen (secondary N) is 2. The topological polar surface area (TPSA) is 125 Å². The number of esters is 1. The molecule has 0 radical (unpaired) electrons. The van der Waals surface area contributed by atoms with Gasteiger partial charge < -0.3 is 24.3 Å².